The highest BCUT2D eigenvalue weighted by Gasteiger charge is 2.34. The van der Waals surface area contributed by atoms with Crippen LogP contribution in [0.1, 0.15) is 48.1 Å². The Bertz CT molecular complexity index is 624. The van der Waals surface area contributed by atoms with E-state index < -0.39 is 0 Å². The summed E-state index contributed by atoms with van der Waals surface area (Å²) in [5, 5.41) is 0. The number of carbonyl (C=O) groups is 1. The molecule has 0 spiro atoms. The Kier molecular flexibility index (Phi) is 5.64. The summed E-state index contributed by atoms with van der Waals surface area (Å²) in [6, 6.07) is 11.2. The van der Waals surface area contributed by atoms with Crippen molar-refractivity contribution < 1.29 is 23.5 Å². The Morgan fingerprint density at radius 1 is 1.10 bits per heavy atom. The molecule has 110 valence electrons. The molecule has 2 atom stereocenters. The summed E-state index contributed by atoms with van der Waals surface area (Å²) >= 11 is 0. The second kappa shape index (κ2) is 7.22. The lowest BCUT2D eigenvalue weighted by atomic mass is 9.88. The Labute approximate surface area is 122 Å². The fraction of sp³-hybridized carbons (Fsp3) is 0.250. The zero-order valence-electron chi connectivity index (χ0n) is 10.7. The molecule has 0 amide bonds. The molecular formula is C16H16O5. The number of ether oxygens (including phenoxy) is 1. The average molecular weight is 288 g/mol. The van der Waals surface area contributed by atoms with Crippen LogP contribution < -0.4 is 0 Å². The molecule has 0 saturated carbocycles. The average Bonchev–Trinajstić information content (AvgIpc) is 2.98. The summed E-state index contributed by atoms with van der Waals surface area (Å²) in [6.07, 6.45) is 1.52. The van der Waals surface area contributed by atoms with Gasteiger partial charge in [0.2, 0.25) is 0 Å². The van der Waals surface area contributed by atoms with E-state index in [1.54, 1.807) is 18.4 Å². The minimum absolute atomic E-state index is 0. The van der Waals surface area contributed by atoms with Gasteiger partial charge in [-0.25, -0.2) is 4.79 Å². The molecule has 0 radical (unpaired) electrons. The molecule has 0 fully saturated rings. The van der Waals surface area contributed by atoms with Crippen LogP contribution in [0.25, 0.3) is 0 Å². The number of carbonyl (C=O) groups excluding carboxylic acids is 3. The third kappa shape index (κ3) is 3.27. The number of furan rings is 1. The summed E-state index contributed by atoms with van der Waals surface area (Å²) in [5.74, 6) is 0.524. The first-order valence-corrected chi connectivity index (χ1v) is 6.01. The molecule has 1 aromatic carbocycles. The molecule has 5 heteroatoms. The van der Waals surface area contributed by atoms with Crippen LogP contribution in [-0.4, -0.2) is 12.1 Å². The smallest absolute Gasteiger partial charge is 0.373 e. The second-order valence-corrected chi connectivity index (χ2v) is 4.30. The summed E-state index contributed by atoms with van der Waals surface area (Å²) in [4.78, 5) is 28.1. The predicted octanol–water partition coefficient (Wildman–Crippen LogP) is 3.35. The first-order valence-electron chi connectivity index (χ1n) is 6.01. The fourth-order valence-corrected chi connectivity index (χ4v) is 2.28. The first kappa shape index (κ1) is 16.4. The van der Waals surface area contributed by atoms with Crippen molar-refractivity contribution in [3.63, 3.8) is 0 Å². The lowest BCUT2D eigenvalue weighted by Crippen LogP contribution is -2.24. The van der Waals surface area contributed by atoms with Gasteiger partial charge in [-0.3, -0.25) is 0 Å². The Hall–Kier alpha value is -2.65. The van der Waals surface area contributed by atoms with E-state index in [0.29, 0.717) is 11.3 Å². The van der Waals surface area contributed by atoms with Gasteiger partial charge in [0.1, 0.15) is 5.76 Å². The maximum Gasteiger partial charge on any atom is 0.373 e. The number of hydrogen-bond donors (Lipinski definition) is 0. The summed E-state index contributed by atoms with van der Waals surface area (Å²) < 4.78 is 10.8. The minimum Gasteiger partial charge on any atom is -0.465 e. The van der Waals surface area contributed by atoms with Gasteiger partial charge in [-0.2, -0.15) is 9.59 Å². The van der Waals surface area contributed by atoms with Crippen molar-refractivity contribution in [3.05, 3.63) is 59.5 Å². The zero-order chi connectivity index (χ0) is 14.5. The van der Waals surface area contributed by atoms with Crippen molar-refractivity contribution in [2.75, 3.05) is 0 Å². The van der Waals surface area contributed by atoms with E-state index in [1.165, 1.54) is 0 Å². The maximum absolute atomic E-state index is 11.9. The van der Waals surface area contributed by atoms with E-state index in [4.69, 9.17) is 18.7 Å². The van der Waals surface area contributed by atoms with Crippen molar-refractivity contribution in [1.29, 1.82) is 0 Å². The molecule has 0 saturated heterocycles. The minimum atomic E-state index is -0.326. The molecule has 0 bridgehead atoms. The van der Waals surface area contributed by atoms with Crippen molar-refractivity contribution in [1.82, 2.24) is 0 Å². The number of rotatable bonds is 1. The van der Waals surface area contributed by atoms with Crippen LogP contribution in [0, 0.1) is 0 Å². The van der Waals surface area contributed by atoms with Gasteiger partial charge in [-0.05, 0) is 23.8 Å². The monoisotopic (exact) mass is 288 g/mol. The van der Waals surface area contributed by atoms with Crippen LogP contribution in [0.2, 0.25) is 0 Å². The SMILES string of the molecule is C.C[C@@H]1c2ccccc2C(=O)O[C@H]1c1ccco1.O=C=O. The molecule has 5 nitrogen and oxygen atoms in total. The topological polar surface area (TPSA) is 73.6 Å². The Morgan fingerprint density at radius 3 is 2.38 bits per heavy atom. The predicted molar refractivity (Wildman–Crippen MR) is 73.5 cm³/mol. The molecule has 3 rings (SSSR count). The Morgan fingerprint density at radius 2 is 1.76 bits per heavy atom. The molecule has 1 aromatic heterocycles. The van der Waals surface area contributed by atoms with E-state index in [-0.39, 0.29) is 31.6 Å². The number of esters is 1. The van der Waals surface area contributed by atoms with Crippen LogP contribution in [0.3, 0.4) is 0 Å². The number of benzene rings is 1. The van der Waals surface area contributed by atoms with Gasteiger partial charge in [-0.1, -0.05) is 32.5 Å². The number of hydrogen-bond acceptors (Lipinski definition) is 5. The normalized spacial score (nSPS) is 19.0. The molecule has 21 heavy (non-hydrogen) atoms. The lowest BCUT2D eigenvalue weighted by molar-refractivity contribution is -0.191. The third-order valence-corrected chi connectivity index (χ3v) is 3.18. The van der Waals surface area contributed by atoms with Gasteiger partial charge in [-0.15, -0.1) is 0 Å². The van der Waals surface area contributed by atoms with E-state index in [2.05, 4.69) is 0 Å². The van der Waals surface area contributed by atoms with Crippen LogP contribution >= 0.6 is 0 Å². The quantitative estimate of drug-likeness (QED) is 0.752. The van der Waals surface area contributed by atoms with Crippen molar-refractivity contribution >= 4 is 12.1 Å². The molecule has 0 unspecified atom stereocenters. The fourth-order valence-electron chi connectivity index (χ4n) is 2.28. The lowest BCUT2D eigenvalue weighted by Gasteiger charge is -2.29. The number of fused-ring (bicyclic) bond motifs is 1. The molecule has 1 aliphatic heterocycles. The second-order valence-electron chi connectivity index (χ2n) is 4.30. The molecule has 0 N–H and O–H groups in total. The van der Waals surface area contributed by atoms with E-state index >= 15 is 0 Å². The maximum atomic E-state index is 11.9. The molecule has 2 heterocycles. The van der Waals surface area contributed by atoms with Gasteiger partial charge < -0.3 is 9.15 Å². The zero-order valence-corrected chi connectivity index (χ0v) is 10.7. The summed E-state index contributed by atoms with van der Waals surface area (Å²) in [6.45, 7) is 2.04. The highest BCUT2D eigenvalue weighted by atomic mass is 16.6. The first-order chi connectivity index (χ1) is 9.69. The highest BCUT2D eigenvalue weighted by Crippen LogP contribution is 2.40. The molecule has 2 aromatic rings. The van der Waals surface area contributed by atoms with Gasteiger partial charge >= 0.3 is 12.1 Å². The largest absolute Gasteiger partial charge is 0.465 e. The highest BCUT2D eigenvalue weighted by molar-refractivity contribution is 5.92. The molecular weight excluding hydrogens is 272 g/mol. The van der Waals surface area contributed by atoms with Crippen LogP contribution in [0.15, 0.2) is 47.1 Å². The summed E-state index contributed by atoms with van der Waals surface area (Å²) in [5.41, 5.74) is 1.67. The molecule has 0 aliphatic carbocycles. The number of cyclic esters (lactones) is 1. The van der Waals surface area contributed by atoms with Crippen LogP contribution in [-0.2, 0) is 14.3 Å². The third-order valence-electron chi connectivity index (χ3n) is 3.18. The standard InChI is InChI=1S/C14H12O3.CO2.CH4/c1-9-10-5-2-3-6-11(10)14(15)17-13(9)12-7-4-8-16-12;2-1-3;/h2-9,13H,1H3;;1H4/t9-,13-;;/m1../s1. The van der Waals surface area contributed by atoms with Gasteiger partial charge in [0.25, 0.3) is 0 Å². The Balaban J connectivity index is 0.000000510. The van der Waals surface area contributed by atoms with Gasteiger partial charge in [0.15, 0.2) is 6.10 Å². The van der Waals surface area contributed by atoms with Crippen molar-refractivity contribution in [2.45, 2.75) is 26.4 Å². The van der Waals surface area contributed by atoms with E-state index in [1.807, 2.05) is 31.2 Å². The van der Waals surface area contributed by atoms with Gasteiger partial charge in [0, 0.05) is 5.92 Å². The van der Waals surface area contributed by atoms with E-state index in [0.717, 1.165) is 5.56 Å². The van der Waals surface area contributed by atoms with Gasteiger partial charge in [0.05, 0.1) is 11.8 Å². The summed E-state index contributed by atoms with van der Waals surface area (Å²) in [7, 11) is 0. The van der Waals surface area contributed by atoms with E-state index in [9.17, 15) is 4.79 Å². The van der Waals surface area contributed by atoms with Crippen molar-refractivity contribution in [3.8, 4) is 0 Å². The molecule has 1 aliphatic rings. The van der Waals surface area contributed by atoms with Crippen LogP contribution in [0.5, 0.6) is 0 Å². The van der Waals surface area contributed by atoms with Crippen LogP contribution in [0.4, 0.5) is 0 Å². The van der Waals surface area contributed by atoms with Crippen molar-refractivity contribution in [2.24, 2.45) is 0 Å².